The van der Waals surface area contributed by atoms with E-state index >= 15 is 4.39 Å². The summed E-state index contributed by atoms with van der Waals surface area (Å²) in [5.74, 6) is -3.28. The lowest BCUT2D eigenvalue weighted by Gasteiger charge is -2.39. The van der Waals surface area contributed by atoms with Crippen molar-refractivity contribution in [1.82, 2.24) is 19.7 Å². The number of alkyl halides is 3. The molecule has 0 unspecified atom stereocenters. The topological polar surface area (TPSA) is 122 Å². The van der Waals surface area contributed by atoms with E-state index in [0.717, 1.165) is 17.4 Å². The number of amides is 1. The second-order valence-electron chi connectivity index (χ2n) is 11.9. The predicted octanol–water partition coefficient (Wildman–Crippen LogP) is 7.06. The van der Waals surface area contributed by atoms with Crippen molar-refractivity contribution in [2.75, 3.05) is 20.3 Å². The van der Waals surface area contributed by atoms with Crippen LogP contribution < -0.4 is 8.92 Å². The number of ether oxygens (including phenoxy) is 3. The summed E-state index contributed by atoms with van der Waals surface area (Å²) in [4.78, 5) is 18.8. The van der Waals surface area contributed by atoms with Crippen LogP contribution in [0.25, 0.3) is 32.6 Å². The Hall–Kier alpha value is -4.03. The van der Waals surface area contributed by atoms with Crippen LogP contribution in [0, 0.1) is 11.6 Å². The lowest BCUT2D eigenvalue weighted by atomic mass is 9.98. The van der Waals surface area contributed by atoms with Crippen molar-refractivity contribution in [2.24, 2.45) is 0 Å². The summed E-state index contributed by atoms with van der Waals surface area (Å²) in [5, 5.41) is 5.85. The molecule has 1 aliphatic rings. The molecule has 18 heteroatoms. The first kappa shape index (κ1) is 35.3. The smallest absolute Gasteiger partial charge is 0.490 e. The fourth-order valence-corrected chi connectivity index (χ4v) is 6.49. The molecule has 5 rings (SSSR count). The molecule has 0 saturated heterocycles. The number of thiophene rings is 1. The van der Waals surface area contributed by atoms with Gasteiger partial charge in [-0.15, -0.1) is 11.3 Å². The number of pyridine rings is 1. The number of carbonyl (C=O) groups excluding carboxylic acids is 1. The Bertz CT molecular complexity index is 1970. The normalized spacial score (nSPS) is 17.0. The lowest BCUT2D eigenvalue weighted by Crippen LogP contribution is -2.48. The van der Waals surface area contributed by atoms with E-state index in [1.807, 2.05) is 0 Å². The minimum absolute atomic E-state index is 0.00605. The summed E-state index contributed by atoms with van der Waals surface area (Å²) in [7, 11) is -4.79. The number of hydrogen-bond acceptors (Lipinski definition) is 10. The molecule has 0 radical (unpaired) electrons. The van der Waals surface area contributed by atoms with Gasteiger partial charge >= 0.3 is 21.7 Å². The SMILES string of the molecule is COCCOc1cc(F)cc(F)c1-c1c(-c2cc3n(n2)[C@@H](C)[C@@H](C)N(C(=O)OC(C)(C)C)C3)nc(OS(=O)(=O)C(F)(F)F)c2ccsc12. The Morgan fingerprint density at radius 3 is 2.42 bits per heavy atom. The highest BCUT2D eigenvalue weighted by molar-refractivity contribution is 7.88. The monoisotopic (exact) mass is 718 g/mol. The van der Waals surface area contributed by atoms with E-state index in [4.69, 9.17) is 14.2 Å². The van der Waals surface area contributed by atoms with Crippen molar-refractivity contribution in [3.8, 4) is 34.1 Å². The van der Waals surface area contributed by atoms with Crippen molar-refractivity contribution in [2.45, 2.75) is 64.4 Å². The van der Waals surface area contributed by atoms with Crippen LogP contribution in [0.3, 0.4) is 0 Å². The number of nitrogens with zero attached hydrogens (tertiary/aromatic N) is 4. The van der Waals surface area contributed by atoms with E-state index < -0.39 is 56.9 Å². The minimum Gasteiger partial charge on any atom is -0.490 e. The predicted molar refractivity (Wildman–Crippen MR) is 165 cm³/mol. The molecule has 0 N–H and O–H groups in total. The van der Waals surface area contributed by atoms with Gasteiger partial charge in [-0.1, -0.05) is 0 Å². The van der Waals surface area contributed by atoms with Crippen LogP contribution >= 0.6 is 11.3 Å². The Kier molecular flexibility index (Phi) is 9.39. The van der Waals surface area contributed by atoms with Crippen LogP contribution in [0.5, 0.6) is 11.6 Å². The molecule has 260 valence electrons. The molecule has 2 atom stereocenters. The third-order valence-electron chi connectivity index (χ3n) is 7.45. The summed E-state index contributed by atoms with van der Waals surface area (Å²) in [6.07, 6.45) is -0.589. The summed E-state index contributed by atoms with van der Waals surface area (Å²) >= 11 is 0.920. The quantitative estimate of drug-likeness (QED) is 0.0816. The summed E-state index contributed by atoms with van der Waals surface area (Å²) in [6, 6.07) is 3.38. The maximum Gasteiger partial charge on any atom is 0.534 e. The van der Waals surface area contributed by atoms with Crippen LogP contribution in [-0.4, -0.2) is 71.7 Å². The number of carbonyl (C=O) groups is 1. The second kappa shape index (κ2) is 12.8. The molecule has 0 bridgehead atoms. The first-order chi connectivity index (χ1) is 22.3. The molecule has 1 aliphatic heterocycles. The van der Waals surface area contributed by atoms with Gasteiger partial charge in [0.1, 0.15) is 41.0 Å². The van der Waals surface area contributed by atoms with Gasteiger partial charge in [0.15, 0.2) is 0 Å². The molecular formula is C30H31F5N4O7S2. The van der Waals surface area contributed by atoms with E-state index in [-0.39, 0.29) is 58.1 Å². The number of rotatable bonds is 8. The highest BCUT2D eigenvalue weighted by Gasteiger charge is 2.49. The summed E-state index contributed by atoms with van der Waals surface area (Å²) < 4.78 is 117. The molecule has 0 fully saturated rings. The first-order valence-corrected chi connectivity index (χ1v) is 16.7. The fraction of sp³-hybridized carbons (Fsp3) is 0.433. The number of methoxy groups -OCH3 is 1. The van der Waals surface area contributed by atoms with Crippen molar-refractivity contribution >= 4 is 37.6 Å². The van der Waals surface area contributed by atoms with E-state index in [9.17, 15) is 30.8 Å². The van der Waals surface area contributed by atoms with Gasteiger partial charge in [0.25, 0.3) is 0 Å². The average molecular weight is 719 g/mol. The van der Waals surface area contributed by atoms with Gasteiger partial charge in [0.05, 0.1) is 46.6 Å². The zero-order valence-corrected chi connectivity index (χ0v) is 28.1. The van der Waals surface area contributed by atoms with Gasteiger partial charge in [-0.3, -0.25) is 9.58 Å². The zero-order chi connectivity index (χ0) is 35.3. The van der Waals surface area contributed by atoms with Crippen molar-refractivity contribution < 1.29 is 53.6 Å². The van der Waals surface area contributed by atoms with Gasteiger partial charge in [-0.25, -0.2) is 18.6 Å². The molecule has 4 heterocycles. The highest BCUT2D eigenvalue weighted by Crippen LogP contribution is 2.48. The van der Waals surface area contributed by atoms with Crippen molar-refractivity contribution in [1.29, 1.82) is 0 Å². The number of aromatic nitrogens is 3. The third kappa shape index (κ3) is 6.78. The van der Waals surface area contributed by atoms with Gasteiger partial charge in [-0.2, -0.15) is 26.7 Å². The number of fused-ring (bicyclic) bond motifs is 2. The zero-order valence-electron chi connectivity index (χ0n) is 26.5. The van der Waals surface area contributed by atoms with Crippen LogP contribution in [0.2, 0.25) is 0 Å². The van der Waals surface area contributed by atoms with Crippen LogP contribution in [0.1, 0.15) is 46.4 Å². The molecule has 48 heavy (non-hydrogen) atoms. The van der Waals surface area contributed by atoms with E-state index in [2.05, 4.69) is 14.3 Å². The maximum absolute atomic E-state index is 15.8. The number of hydrogen-bond donors (Lipinski definition) is 0. The molecule has 0 spiro atoms. The Morgan fingerprint density at radius 2 is 1.77 bits per heavy atom. The van der Waals surface area contributed by atoms with Gasteiger partial charge in [0, 0.05) is 24.8 Å². The summed E-state index contributed by atoms with van der Waals surface area (Å²) in [5.41, 5.74) is -6.80. The van der Waals surface area contributed by atoms with Gasteiger partial charge in [-0.05, 0) is 52.1 Å². The molecule has 0 aliphatic carbocycles. The average Bonchev–Trinajstić information content (AvgIpc) is 3.62. The minimum atomic E-state index is -6.19. The lowest BCUT2D eigenvalue weighted by molar-refractivity contribution is -0.0500. The van der Waals surface area contributed by atoms with Gasteiger partial charge in [0.2, 0.25) is 5.88 Å². The molecule has 1 amide bonds. The van der Waals surface area contributed by atoms with Crippen molar-refractivity contribution in [3.05, 3.63) is 47.0 Å². The Labute approximate surface area is 276 Å². The Morgan fingerprint density at radius 1 is 1.06 bits per heavy atom. The second-order valence-corrected chi connectivity index (χ2v) is 14.4. The van der Waals surface area contributed by atoms with Gasteiger partial charge < -0.3 is 18.4 Å². The number of halogens is 5. The highest BCUT2D eigenvalue weighted by atomic mass is 32.2. The Balaban J connectivity index is 1.76. The van der Waals surface area contributed by atoms with Crippen LogP contribution in [0.15, 0.2) is 29.6 Å². The largest absolute Gasteiger partial charge is 0.534 e. The molecule has 11 nitrogen and oxygen atoms in total. The molecule has 0 saturated carbocycles. The molecular weight excluding hydrogens is 687 g/mol. The molecule has 3 aromatic heterocycles. The maximum atomic E-state index is 15.8. The van der Waals surface area contributed by atoms with E-state index in [0.29, 0.717) is 11.8 Å². The molecule has 1 aromatic carbocycles. The van der Waals surface area contributed by atoms with E-state index in [1.54, 1.807) is 39.3 Å². The first-order valence-electron chi connectivity index (χ1n) is 14.4. The third-order valence-corrected chi connectivity index (χ3v) is 9.33. The fourth-order valence-electron chi connectivity index (χ4n) is 5.12. The standard InChI is InChI=1S/C30H31F5N4O7S2/c1-15-16(2)39-18(14-38(15)28(40)45-29(3,4)5)13-21(37-39)25-24(23-20(32)11-17(31)12-22(23)44-9-8-43-6)26-19(7-10-47-26)27(36-25)46-48(41,42)30(33,34)35/h7,10-13,15-16H,8-9,14H2,1-6H3/t15-,16+/m1/s1. The van der Waals surface area contributed by atoms with E-state index in [1.165, 1.54) is 29.5 Å². The number of benzene rings is 1. The molecule has 4 aromatic rings. The summed E-state index contributed by atoms with van der Waals surface area (Å²) in [6.45, 7) is 8.67. The van der Waals surface area contributed by atoms with Crippen molar-refractivity contribution in [3.63, 3.8) is 0 Å². The van der Waals surface area contributed by atoms with Crippen LogP contribution in [0.4, 0.5) is 26.7 Å². The van der Waals surface area contributed by atoms with Crippen LogP contribution in [-0.2, 0) is 26.1 Å².